The molecule has 1 aromatic carbocycles. The number of carbonyl (C=O) groups is 1. The Morgan fingerprint density at radius 3 is 2.53 bits per heavy atom. The molecule has 0 fully saturated rings. The molecule has 1 aromatic rings. The van der Waals surface area contributed by atoms with Crippen molar-refractivity contribution in [2.45, 2.75) is 33.1 Å². The predicted octanol–water partition coefficient (Wildman–Crippen LogP) is 3.52. The van der Waals surface area contributed by atoms with Gasteiger partial charge in [0.2, 0.25) is 0 Å². The average Bonchev–Trinajstić information content (AvgIpc) is 2.36. The summed E-state index contributed by atoms with van der Waals surface area (Å²) in [5.74, 6) is -0.147. The molecule has 0 aliphatic heterocycles. The Labute approximate surface area is 103 Å². The number of hydrogen-bond donors (Lipinski definition) is 0. The van der Waals surface area contributed by atoms with Crippen LogP contribution < -0.4 is 0 Å². The van der Waals surface area contributed by atoms with Crippen molar-refractivity contribution in [1.29, 1.82) is 0 Å². The summed E-state index contributed by atoms with van der Waals surface area (Å²) >= 11 is 0. The van der Waals surface area contributed by atoms with Gasteiger partial charge in [-0.3, -0.25) is 4.79 Å². The summed E-state index contributed by atoms with van der Waals surface area (Å²) in [6.45, 7) is 4.39. The van der Waals surface area contributed by atoms with Crippen LogP contribution in [-0.2, 0) is 16.0 Å². The van der Waals surface area contributed by atoms with E-state index in [-0.39, 0.29) is 5.97 Å². The van der Waals surface area contributed by atoms with E-state index in [1.807, 2.05) is 31.2 Å². The summed E-state index contributed by atoms with van der Waals surface area (Å²) in [4.78, 5) is 11.2. The molecule has 1 rings (SSSR count). The molecule has 0 saturated carbocycles. The first-order valence-corrected chi connectivity index (χ1v) is 6.13. The second-order valence-electron chi connectivity index (χ2n) is 3.89. The van der Waals surface area contributed by atoms with Crippen LogP contribution in [0.5, 0.6) is 0 Å². The highest BCUT2D eigenvalue weighted by molar-refractivity contribution is 5.71. The zero-order chi connectivity index (χ0) is 12.5. The van der Waals surface area contributed by atoms with Gasteiger partial charge in [-0.25, -0.2) is 0 Å². The maximum absolute atomic E-state index is 11.2. The fraction of sp³-hybridized carbons (Fsp3) is 0.400. The van der Waals surface area contributed by atoms with Crippen molar-refractivity contribution in [3.63, 3.8) is 0 Å². The molecule has 0 spiro atoms. The molecule has 17 heavy (non-hydrogen) atoms. The highest BCUT2D eigenvalue weighted by atomic mass is 16.5. The van der Waals surface area contributed by atoms with Crippen LogP contribution in [0, 0.1) is 0 Å². The minimum Gasteiger partial charge on any atom is -0.466 e. The Balaban J connectivity index is 2.53. The first-order chi connectivity index (χ1) is 8.26. The third-order valence-electron chi connectivity index (χ3n) is 2.59. The smallest absolute Gasteiger partial charge is 0.309 e. The number of esters is 1. The van der Waals surface area contributed by atoms with E-state index in [1.165, 1.54) is 11.1 Å². The largest absolute Gasteiger partial charge is 0.466 e. The van der Waals surface area contributed by atoms with Crippen LogP contribution in [0.3, 0.4) is 0 Å². The molecule has 2 nitrogen and oxygen atoms in total. The zero-order valence-electron chi connectivity index (χ0n) is 10.6. The first-order valence-electron chi connectivity index (χ1n) is 6.13. The Kier molecular flexibility index (Phi) is 6.08. The van der Waals surface area contributed by atoms with Crippen molar-refractivity contribution >= 4 is 5.97 Å². The number of carbonyl (C=O) groups excluding carboxylic acids is 1. The van der Waals surface area contributed by atoms with E-state index in [0.29, 0.717) is 13.0 Å². The lowest BCUT2D eigenvalue weighted by Gasteiger charge is -2.05. The number of rotatable bonds is 6. The van der Waals surface area contributed by atoms with Gasteiger partial charge in [0.05, 0.1) is 13.0 Å². The van der Waals surface area contributed by atoms with Crippen molar-refractivity contribution in [1.82, 2.24) is 0 Å². The summed E-state index contributed by atoms with van der Waals surface area (Å²) in [5.41, 5.74) is 2.56. The molecule has 0 aliphatic rings. The molecular weight excluding hydrogens is 212 g/mol. The molecule has 0 amide bonds. The van der Waals surface area contributed by atoms with Crippen LogP contribution in [0.4, 0.5) is 0 Å². The molecule has 0 saturated heterocycles. The first kappa shape index (κ1) is 13.5. The van der Waals surface area contributed by atoms with Crippen molar-refractivity contribution in [2.75, 3.05) is 6.61 Å². The molecule has 0 aliphatic carbocycles. The maximum atomic E-state index is 11.2. The summed E-state index contributed by atoms with van der Waals surface area (Å²) in [6.07, 6.45) is 4.25. The third kappa shape index (κ3) is 5.34. The normalized spacial score (nSPS) is 11.3. The van der Waals surface area contributed by atoms with Gasteiger partial charge in [-0.2, -0.15) is 0 Å². The van der Waals surface area contributed by atoms with Crippen molar-refractivity contribution < 1.29 is 9.53 Å². The highest BCUT2D eigenvalue weighted by Crippen LogP contribution is 2.11. The highest BCUT2D eigenvalue weighted by Gasteiger charge is 2.01. The zero-order valence-corrected chi connectivity index (χ0v) is 10.6. The monoisotopic (exact) mass is 232 g/mol. The van der Waals surface area contributed by atoms with E-state index in [4.69, 9.17) is 4.74 Å². The lowest BCUT2D eigenvalue weighted by molar-refractivity contribution is -0.142. The molecule has 0 unspecified atom stereocenters. The van der Waals surface area contributed by atoms with Gasteiger partial charge in [0.1, 0.15) is 0 Å². The molecule has 0 bridgehead atoms. The minimum absolute atomic E-state index is 0.147. The van der Waals surface area contributed by atoms with Gasteiger partial charge in [-0.1, -0.05) is 48.9 Å². The Bertz CT molecular complexity index is 366. The Morgan fingerprint density at radius 1 is 1.24 bits per heavy atom. The van der Waals surface area contributed by atoms with Gasteiger partial charge >= 0.3 is 5.97 Å². The van der Waals surface area contributed by atoms with E-state index in [1.54, 1.807) is 0 Å². The molecule has 0 radical (unpaired) electrons. The van der Waals surface area contributed by atoms with Crippen LogP contribution in [0.15, 0.2) is 42.0 Å². The summed E-state index contributed by atoms with van der Waals surface area (Å²) < 4.78 is 4.90. The molecule has 2 heteroatoms. The molecule has 0 N–H and O–H groups in total. The molecule has 0 heterocycles. The standard InChI is InChI=1S/C15H20O2/c1-3-13(10-11-15(16)17-4-2)12-14-8-6-5-7-9-14/h5-10H,3-4,11-12H2,1-2H3/b13-10+. The van der Waals surface area contributed by atoms with Crippen molar-refractivity contribution in [2.24, 2.45) is 0 Å². The molecule has 92 valence electrons. The minimum atomic E-state index is -0.147. The van der Waals surface area contributed by atoms with Gasteiger partial charge < -0.3 is 4.74 Å². The van der Waals surface area contributed by atoms with Crippen molar-refractivity contribution in [3.8, 4) is 0 Å². The number of benzene rings is 1. The van der Waals surface area contributed by atoms with Gasteiger partial charge in [0, 0.05) is 0 Å². The van der Waals surface area contributed by atoms with Crippen LogP contribution in [-0.4, -0.2) is 12.6 Å². The van der Waals surface area contributed by atoms with E-state index < -0.39 is 0 Å². The van der Waals surface area contributed by atoms with Gasteiger partial charge in [-0.05, 0) is 25.3 Å². The van der Waals surface area contributed by atoms with Crippen LogP contribution in [0.2, 0.25) is 0 Å². The number of hydrogen-bond acceptors (Lipinski definition) is 2. The van der Waals surface area contributed by atoms with Crippen LogP contribution in [0.1, 0.15) is 32.3 Å². The fourth-order valence-corrected chi connectivity index (χ4v) is 1.65. The topological polar surface area (TPSA) is 26.3 Å². The summed E-state index contributed by atoms with van der Waals surface area (Å²) in [6, 6.07) is 10.3. The third-order valence-corrected chi connectivity index (χ3v) is 2.59. The fourth-order valence-electron chi connectivity index (χ4n) is 1.65. The Morgan fingerprint density at radius 2 is 1.94 bits per heavy atom. The SMILES string of the molecule is CCOC(=O)C/C=C(\CC)Cc1ccccc1. The number of allylic oxidation sites excluding steroid dienone is 1. The lowest BCUT2D eigenvalue weighted by atomic mass is 10.0. The molecular formula is C15H20O2. The Hall–Kier alpha value is -1.57. The van der Waals surface area contributed by atoms with Gasteiger partial charge in [0.25, 0.3) is 0 Å². The van der Waals surface area contributed by atoms with E-state index in [2.05, 4.69) is 19.1 Å². The average molecular weight is 232 g/mol. The number of ether oxygens (including phenoxy) is 1. The quantitative estimate of drug-likeness (QED) is 0.554. The predicted molar refractivity (Wildman–Crippen MR) is 69.8 cm³/mol. The maximum Gasteiger partial charge on any atom is 0.309 e. The summed E-state index contributed by atoms with van der Waals surface area (Å²) in [5, 5.41) is 0. The molecule has 0 aromatic heterocycles. The van der Waals surface area contributed by atoms with E-state index >= 15 is 0 Å². The lowest BCUT2D eigenvalue weighted by Crippen LogP contribution is -2.02. The summed E-state index contributed by atoms with van der Waals surface area (Å²) in [7, 11) is 0. The molecule has 0 atom stereocenters. The van der Waals surface area contributed by atoms with Gasteiger partial charge in [-0.15, -0.1) is 0 Å². The van der Waals surface area contributed by atoms with Crippen molar-refractivity contribution in [3.05, 3.63) is 47.5 Å². The van der Waals surface area contributed by atoms with E-state index in [9.17, 15) is 4.79 Å². The second kappa shape index (κ2) is 7.66. The van der Waals surface area contributed by atoms with Crippen LogP contribution in [0.25, 0.3) is 0 Å². The van der Waals surface area contributed by atoms with E-state index in [0.717, 1.165) is 12.8 Å². The second-order valence-corrected chi connectivity index (χ2v) is 3.89. The van der Waals surface area contributed by atoms with Gasteiger partial charge in [0.15, 0.2) is 0 Å². The van der Waals surface area contributed by atoms with Crippen LogP contribution >= 0.6 is 0 Å².